The quantitative estimate of drug-likeness (QED) is 0.121. The number of phosphoric ester groups is 3. The van der Waals surface area contributed by atoms with Crippen molar-refractivity contribution >= 4 is 23.5 Å². The number of aliphatic hydroxyl groups excluding tert-OH is 3. The molecule has 190 valence electrons. The van der Waals surface area contributed by atoms with Gasteiger partial charge in [0.25, 0.3) is 0 Å². The van der Waals surface area contributed by atoms with E-state index in [9.17, 15) is 29.0 Å². The molecule has 18 nitrogen and oxygen atoms in total. The van der Waals surface area contributed by atoms with Crippen LogP contribution in [-0.4, -0.2) is 114 Å². The fourth-order valence-electron chi connectivity index (χ4n) is 3.11. The molecule has 0 bridgehead atoms. The summed E-state index contributed by atoms with van der Waals surface area (Å²) in [5.74, 6) is 0. The normalized spacial score (nSPS) is 37.0. The van der Waals surface area contributed by atoms with Crippen LogP contribution >= 0.6 is 23.5 Å². The van der Waals surface area contributed by atoms with Gasteiger partial charge >= 0.3 is 23.5 Å². The van der Waals surface area contributed by atoms with Gasteiger partial charge in [-0.25, -0.2) is 13.7 Å². The summed E-state index contributed by atoms with van der Waals surface area (Å²) in [6.45, 7) is -2.25. The van der Waals surface area contributed by atoms with Crippen LogP contribution in [-0.2, 0) is 41.5 Å². The van der Waals surface area contributed by atoms with Gasteiger partial charge in [-0.1, -0.05) is 0 Å². The van der Waals surface area contributed by atoms with E-state index in [1.165, 1.54) is 0 Å². The van der Waals surface area contributed by atoms with Crippen LogP contribution in [0.1, 0.15) is 0 Å². The molecule has 0 saturated carbocycles. The Balaban J connectivity index is 2.29. The van der Waals surface area contributed by atoms with Gasteiger partial charge in [0.1, 0.15) is 42.7 Å². The summed E-state index contributed by atoms with van der Waals surface area (Å²) in [7, 11) is -15.9. The van der Waals surface area contributed by atoms with Gasteiger partial charge in [0.2, 0.25) is 0 Å². The molecule has 2 rings (SSSR count). The third-order valence-electron chi connectivity index (χ3n) is 4.27. The van der Waals surface area contributed by atoms with E-state index in [1.807, 2.05) is 0 Å². The highest BCUT2D eigenvalue weighted by Gasteiger charge is 2.53. The molecule has 0 radical (unpaired) electrons. The van der Waals surface area contributed by atoms with Crippen LogP contribution in [0.25, 0.3) is 0 Å². The lowest BCUT2D eigenvalue weighted by molar-refractivity contribution is -0.309. The molecule has 0 aliphatic carbocycles. The number of rotatable bonds is 10. The Kier molecular flexibility index (Phi) is 9.55. The van der Waals surface area contributed by atoms with Gasteiger partial charge in [-0.15, -0.1) is 0 Å². The van der Waals surface area contributed by atoms with Crippen molar-refractivity contribution in [3.05, 3.63) is 0 Å². The number of hydrogen-bond donors (Lipinski definition) is 9. The number of phosphoric acid groups is 3. The summed E-state index contributed by atoms with van der Waals surface area (Å²) in [6.07, 6.45) is -14.5. The van der Waals surface area contributed by atoms with Crippen LogP contribution in [0.3, 0.4) is 0 Å². The van der Waals surface area contributed by atoms with Crippen LogP contribution in [0.15, 0.2) is 0 Å². The molecule has 2 aliphatic rings. The molecule has 0 aromatic heterocycles. The summed E-state index contributed by atoms with van der Waals surface area (Å²) in [6, 6.07) is 0. The van der Waals surface area contributed by atoms with Crippen LogP contribution in [0.5, 0.6) is 0 Å². The molecule has 0 amide bonds. The molecule has 2 aliphatic heterocycles. The molecule has 21 heteroatoms. The van der Waals surface area contributed by atoms with Crippen LogP contribution < -0.4 is 0 Å². The molecule has 8 atom stereocenters. The Morgan fingerprint density at radius 1 is 0.750 bits per heavy atom. The summed E-state index contributed by atoms with van der Waals surface area (Å²) in [5.41, 5.74) is 0. The van der Waals surface area contributed by atoms with Crippen molar-refractivity contribution in [1.82, 2.24) is 0 Å². The summed E-state index contributed by atoms with van der Waals surface area (Å²) in [4.78, 5) is 54.4. The largest absolute Gasteiger partial charge is 0.470 e. The van der Waals surface area contributed by atoms with Crippen molar-refractivity contribution in [2.45, 2.75) is 49.0 Å². The van der Waals surface area contributed by atoms with Crippen molar-refractivity contribution in [3.63, 3.8) is 0 Å². The Bertz CT molecular complexity index is 759. The van der Waals surface area contributed by atoms with E-state index in [1.54, 1.807) is 0 Å². The van der Waals surface area contributed by atoms with Gasteiger partial charge in [-0.3, -0.25) is 13.6 Å². The van der Waals surface area contributed by atoms with E-state index >= 15 is 0 Å². The first-order valence-electron chi connectivity index (χ1n) is 8.59. The highest BCUT2D eigenvalue weighted by Crippen LogP contribution is 2.47. The highest BCUT2D eigenvalue weighted by molar-refractivity contribution is 7.46. The summed E-state index contributed by atoms with van der Waals surface area (Å²) in [5, 5.41) is 29.2. The minimum Gasteiger partial charge on any atom is -0.394 e. The van der Waals surface area contributed by atoms with Crippen LogP contribution in [0.2, 0.25) is 0 Å². The number of hydrogen-bond acceptors (Lipinski definition) is 12. The van der Waals surface area contributed by atoms with E-state index < -0.39 is 92.3 Å². The van der Waals surface area contributed by atoms with Crippen molar-refractivity contribution in [3.8, 4) is 0 Å². The van der Waals surface area contributed by atoms with Gasteiger partial charge in [0.05, 0.1) is 19.8 Å². The van der Waals surface area contributed by atoms with Crippen molar-refractivity contribution in [2.75, 3.05) is 19.8 Å². The third kappa shape index (κ3) is 8.09. The standard InChI is InChI=1S/C11H23O18P3/c12-1-4-8(27-30(15,16)17)6(3-24-4)26-11-7(14)10(29-32(21,22)23)9(5(2-13)25-11)28-31(18,19)20/h4-14H,1-3H2,(H2,15,16,17)(H2,18,19,20)(H2,21,22,23)/t4-,5-,6+,7-,8-,9-,10-,11+/m1/s1. The second-order valence-electron chi connectivity index (χ2n) is 6.63. The molecule has 0 aromatic rings. The average Bonchev–Trinajstić information content (AvgIpc) is 2.98. The van der Waals surface area contributed by atoms with E-state index in [2.05, 4.69) is 13.6 Å². The molecule has 2 heterocycles. The monoisotopic (exact) mass is 536 g/mol. The smallest absolute Gasteiger partial charge is 0.394 e. The SMILES string of the molecule is O=P(O)(O)O[C@@H]1[C@@H](O)[C@H](O[C@H]2CO[C@H](CO)[C@H]2OP(=O)(O)O)O[C@H](CO)[C@H]1OP(=O)(O)O. The van der Waals surface area contributed by atoms with Crippen molar-refractivity contribution in [1.29, 1.82) is 0 Å². The summed E-state index contributed by atoms with van der Waals surface area (Å²) >= 11 is 0. The van der Waals surface area contributed by atoms with E-state index in [4.69, 9.17) is 43.6 Å². The van der Waals surface area contributed by atoms with Gasteiger partial charge in [0.15, 0.2) is 6.29 Å². The Morgan fingerprint density at radius 3 is 1.69 bits per heavy atom. The third-order valence-corrected chi connectivity index (χ3v) is 5.82. The van der Waals surface area contributed by atoms with Gasteiger partial charge in [-0.05, 0) is 0 Å². The molecule has 2 fully saturated rings. The minimum absolute atomic E-state index is 0.446. The maximum absolute atomic E-state index is 11.3. The first-order valence-corrected chi connectivity index (χ1v) is 13.2. The zero-order chi connectivity index (χ0) is 24.5. The zero-order valence-electron chi connectivity index (χ0n) is 15.8. The number of aliphatic hydroxyl groups is 3. The molecule has 0 unspecified atom stereocenters. The second kappa shape index (κ2) is 10.8. The minimum atomic E-state index is -5.40. The van der Waals surface area contributed by atoms with E-state index in [0.717, 1.165) is 0 Å². The molecule has 32 heavy (non-hydrogen) atoms. The lowest BCUT2D eigenvalue weighted by Gasteiger charge is -2.44. The zero-order valence-corrected chi connectivity index (χ0v) is 18.5. The number of ether oxygens (including phenoxy) is 3. The maximum Gasteiger partial charge on any atom is 0.470 e. The molecule has 9 N–H and O–H groups in total. The van der Waals surface area contributed by atoms with Crippen molar-refractivity contribution < 1.29 is 86.2 Å². The van der Waals surface area contributed by atoms with E-state index in [0.29, 0.717) is 0 Å². The lowest BCUT2D eigenvalue weighted by atomic mass is 9.99. The first-order chi connectivity index (χ1) is 14.5. The van der Waals surface area contributed by atoms with E-state index in [-0.39, 0.29) is 0 Å². The average molecular weight is 536 g/mol. The maximum atomic E-state index is 11.3. The Hall–Kier alpha value is 0.0900. The fraction of sp³-hybridized carbons (Fsp3) is 1.00. The fourth-order valence-corrected chi connectivity index (χ4v) is 4.83. The molecule has 0 aromatic carbocycles. The summed E-state index contributed by atoms with van der Waals surface area (Å²) < 4.78 is 62.6. The van der Waals surface area contributed by atoms with Gasteiger partial charge < -0.3 is 58.9 Å². The molecule has 2 saturated heterocycles. The molecule has 0 spiro atoms. The van der Waals surface area contributed by atoms with Crippen LogP contribution in [0.4, 0.5) is 0 Å². The van der Waals surface area contributed by atoms with Gasteiger partial charge in [-0.2, -0.15) is 0 Å². The first kappa shape index (κ1) is 28.3. The molecular weight excluding hydrogens is 513 g/mol. The lowest BCUT2D eigenvalue weighted by Crippen LogP contribution is -2.61. The predicted octanol–water partition coefficient (Wildman–Crippen LogP) is -3.73. The topological polar surface area (TPSA) is 289 Å². The predicted molar refractivity (Wildman–Crippen MR) is 94.2 cm³/mol. The molecular formula is C11H23O18P3. The van der Waals surface area contributed by atoms with Gasteiger partial charge in [0, 0.05) is 0 Å². The van der Waals surface area contributed by atoms with Crippen molar-refractivity contribution in [2.24, 2.45) is 0 Å². The second-order valence-corrected chi connectivity index (χ2v) is 10.2. The Morgan fingerprint density at radius 2 is 1.22 bits per heavy atom. The highest BCUT2D eigenvalue weighted by atomic mass is 31.2. The van der Waals surface area contributed by atoms with Crippen LogP contribution in [0, 0.1) is 0 Å². The Labute approximate surface area is 179 Å².